The molecule has 0 radical (unpaired) electrons. The van der Waals surface area contributed by atoms with Gasteiger partial charge in [-0.05, 0) is 36.4 Å². The summed E-state index contributed by atoms with van der Waals surface area (Å²) in [4.78, 5) is -0.419. The van der Waals surface area contributed by atoms with E-state index in [0.717, 1.165) is 6.20 Å². The van der Waals surface area contributed by atoms with Crippen molar-refractivity contribution in [3.8, 4) is 23.3 Å². The Morgan fingerprint density at radius 3 is 2.19 bits per heavy atom. The normalized spacial score (nSPS) is 11.4. The van der Waals surface area contributed by atoms with E-state index in [9.17, 15) is 13.7 Å². The second-order valence-electron chi connectivity index (χ2n) is 5.01. The van der Waals surface area contributed by atoms with Gasteiger partial charge >= 0.3 is 0 Å². The molecule has 1 N–H and O–H groups in total. The Hall–Kier alpha value is -3.18. The van der Waals surface area contributed by atoms with Crippen molar-refractivity contribution < 1.29 is 22.6 Å². The number of hydrogen-bond acceptors (Lipinski definition) is 7. The van der Waals surface area contributed by atoms with Gasteiger partial charge in [0.25, 0.3) is 0 Å². The van der Waals surface area contributed by atoms with Crippen LogP contribution in [-0.4, -0.2) is 29.7 Å². The van der Waals surface area contributed by atoms with E-state index in [4.69, 9.17) is 14.2 Å². The van der Waals surface area contributed by atoms with Crippen LogP contribution in [0.15, 0.2) is 58.5 Å². The highest BCUT2D eigenvalue weighted by Crippen LogP contribution is 2.30. The standard InChI is InChI=1S/C18H18N2O5S/c1-23-14-5-7-15(8-6-14)26(21,22)16(11-19)12-20-13-4-9-17(24-2)18(10-13)25-3/h4-10,12,20H,1-3H3/b16-12+. The molecule has 2 rings (SSSR count). The molecule has 0 amide bonds. The van der Waals surface area contributed by atoms with Gasteiger partial charge < -0.3 is 19.5 Å². The molecule has 0 fully saturated rings. The van der Waals surface area contributed by atoms with Crippen molar-refractivity contribution in [2.24, 2.45) is 0 Å². The summed E-state index contributed by atoms with van der Waals surface area (Å²) in [6, 6.07) is 12.5. The summed E-state index contributed by atoms with van der Waals surface area (Å²) in [6.45, 7) is 0. The molecule has 0 spiro atoms. The van der Waals surface area contributed by atoms with E-state index >= 15 is 0 Å². The highest BCUT2D eigenvalue weighted by molar-refractivity contribution is 7.95. The molecule has 0 aliphatic rings. The smallest absolute Gasteiger partial charge is 0.218 e. The molecule has 26 heavy (non-hydrogen) atoms. The zero-order chi connectivity index (χ0) is 19.2. The number of allylic oxidation sites excluding steroid dienone is 1. The molecule has 0 aliphatic heterocycles. The lowest BCUT2D eigenvalue weighted by Gasteiger charge is -2.10. The van der Waals surface area contributed by atoms with E-state index in [1.807, 2.05) is 0 Å². The summed E-state index contributed by atoms with van der Waals surface area (Å²) >= 11 is 0. The summed E-state index contributed by atoms with van der Waals surface area (Å²) in [5.74, 6) is 1.53. The van der Waals surface area contributed by atoms with Gasteiger partial charge in [0.2, 0.25) is 9.84 Å². The highest BCUT2D eigenvalue weighted by atomic mass is 32.2. The first kappa shape index (κ1) is 19.1. The number of nitrogens with zero attached hydrogens (tertiary/aromatic N) is 1. The van der Waals surface area contributed by atoms with E-state index in [1.54, 1.807) is 24.3 Å². The van der Waals surface area contributed by atoms with Crippen molar-refractivity contribution in [1.29, 1.82) is 5.26 Å². The minimum atomic E-state index is -3.95. The molecule has 7 nitrogen and oxygen atoms in total. The van der Waals surface area contributed by atoms with Crippen LogP contribution >= 0.6 is 0 Å². The third-order valence-electron chi connectivity index (χ3n) is 3.52. The third kappa shape index (κ3) is 4.07. The first-order valence-electron chi connectivity index (χ1n) is 7.44. The van der Waals surface area contributed by atoms with Gasteiger partial charge in [0.15, 0.2) is 16.4 Å². The number of methoxy groups -OCH3 is 3. The van der Waals surface area contributed by atoms with Crippen LogP contribution in [0.1, 0.15) is 0 Å². The fraction of sp³-hybridized carbons (Fsp3) is 0.167. The quantitative estimate of drug-likeness (QED) is 0.744. The molecule has 0 unspecified atom stereocenters. The minimum absolute atomic E-state index is 0.000196. The van der Waals surface area contributed by atoms with Gasteiger partial charge in [-0.3, -0.25) is 0 Å². The summed E-state index contributed by atoms with van der Waals surface area (Å²) in [7, 11) is 0.541. The zero-order valence-electron chi connectivity index (χ0n) is 14.5. The van der Waals surface area contributed by atoms with Gasteiger partial charge in [0.1, 0.15) is 11.8 Å². The topological polar surface area (TPSA) is 97.7 Å². The molecule has 8 heteroatoms. The van der Waals surface area contributed by atoms with Gasteiger partial charge in [-0.25, -0.2) is 8.42 Å². The molecule has 2 aromatic rings. The van der Waals surface area contributed by atoms with Crippen molar-refractivity contribution in [1.82, 2.24) is 0 Å². The predicted molar refractivity (Wildman–Crippen MR) is 97.0 cm³/mol. The lowest BCUT2D eigenvalue weighted by atomic mass is 10.3. The minimum Gasteiger partial charge on any atom is -0.497 e. The molecular formula is C18H18N2O5S. The van der Waals surface area contributed by atoms with Crippen LogP contribution in [0.2, 0.25) is 0 Å². The number of sulfone groups is 1. The van der Waals surface area contributed by atoms with Crippen LogP contribution in [-0.2, 0) is 9.84 Å². The molecule has 0 atom stereocenters. The number of hydrogen-bond donors (Lipinski definition) is 1. The van der Waals surface area contributed by atoms with Crippen molar-refractivity contribution in [3.05, 3.63) is 53.6 Å². The van der Waals surface area contributed by atoms with Crippen LogP contribution in [0.5, 0.6) is 17.2 Å². The lowest BCUT2D eigenvalue weighted by Crippen LogP contribution is -2.05. The van der Waals surface area contributed by atoms with Crippen molar-refractivity contribution in [2.45, 2.75) is 4.90 Å². The van der Waals surface area contributed by atoms with Crippen LogP contribution in [0, 0.1) is 11.3 Å². The van der Waals surface area contributed by atoms with Crippen LogP contribution in [0.4, 0.5) is 5.69 Å². The Bertz CT molecular complexity index is 945. The average Bonchev–Trinajstić information content (AvgIpc) is 2.68. The Labute approximate surface area is 152 Å². The van der Waals surface area contributed by atoms with Gasteiger partial charge in [0, 0.05) is 18.0 Å². The summed E-state index contributed by atoms with van der Waals surface area (Å²) in [6.07, 6.45) is 1.14. The van der Waals surface area contributed by atoms with E-state index in [1.165, 1.54) is 45.6 Å². The number of rotatable bonds is 7. The maximum atomic E-state index is 12.6. The van der Waals surface area contributed by atoms with Crippen LogP contribution in [0.3, 0.4) is 0 Å². The Morgan fingerprint density at radius 1 is 1.00 bits per heavy atom. The van der Waals surface area contributed by atoms with E-state index < -0.39 is 14.7 Å². The molecule has 0 bridgehead atoms. The first-order chi connectivity index (χ1) is 12.5. The molecule has 2 aromatic carbocycles. The number of ether oxygens (including phenoxy) is 3. The monoisotopic (exact) mass is 374 g/mol. The highest BCUT2D eigenvalue weighted by Gasteiger charge is 2.21. The van der Waals surface area contributed by atoms with Gasteiger partial charge in [-0.15, -0.1) is 0 Å². The van der Waals surface area contributed by atoms with Crippen LogP contribution in [0.25, 0.3) is 0 Å². The van der Waals surface area contributed by atoms with E-state index in [0.29, 0.717) is 22.9 Å². The second kappa shape index (κ2) is 8.27. The van der Waals surface area contributed by atoms with Crippen molar-refractivity contribution in [3.63, 3.8) is 0 Å². The van der Waals surface area contributed by atoms with Gasteiger partial charge in [-0.1, -0.05) is 0 Å². The molecule has 0 heterocycles. The average molecular weight is 374 g/mol. The number of benzene rings is 2. The first-order valence-corrected chi connectivity index (χ1v) is 8.92. The predicted octanol–water partition coefficient (Wildman–Crippen LogP) is 2.96. The largest absolute Gasteiger partial charge is 0.497 e. The molecular weight excluding hydrogens is 356 g/mol. The van der Waals surface area contributed by atoms with Crippen molar-refractivity contribution >= 4 is 15.5 Å². The second-order valence-corrected chi connectivity index (χ2v) is 6.93. The number of nitrogens with one attached hydrogen (secondary N) is 1. The van der Waals surface area contributed by atoms with E-state index in [-0.39, 0.29) is 4.90 Å². The molecule has 0 aliphatic carbocycles. The Balaban J connectivity index is 2.30. The molecule has 0 aromatic heterocycles. The summed E-state index contributed by atoms with van der Waals surface area (Å²) < 4.78 is 40.5. The zero-order valence-corrected chi connectivity index (χ0v) is 15.3. The SMILES string of the molecule is COc1ccc(S(=O)(=O)/C(C#N)=C/Nc2ccc(OC)c(OC)c2)cc1. The van der Waals surface area contributed by atoms with Gasteiger partial charge in [0.05, 0.1) is 26.2 Å². The van der Waals surface area contributed by atoms with Crippen LogP contribution < -0.4 is 19.5 Å². The maximum Gasteiger partial charge on any atom is 0.218 e. The maximum absolute atomic E-state index is 12.6. The fourth-order valence-corrected chi connectivity index (χ4v) is 3.21. The molecule has 136 valence electrons. The molecule has 0 saturated heterocycles. The van der Waals surface area contributed by atoms with Gasteiger partial charge in [-0.2, -0.15) is 5.26 Å². The fourth-order valence-electron chi connectivity index (χ4n) is 2.13. The van der Waals surface area contributed by atoms with Crippen molar-refractivity contribution in [2.75, 3.05) is 26.6 Å². The summed E-state index contributed by atoms with van der Waals surface area (Å²) in [5.41, 5.74) is 0.542. The molecule has 0 saturated carbocycles. The summed E-state index contributed by atoms with van der Waals surface area (Å²) in [5, 5.41) is 12.1. The van der Waals surface area contributed by atoms with E-state index in [2.05, 4.69) is 5.32 Å². The lowest BCUT2D eigenvalue weighted by molar-refractivity contribution is 0.355. The number of nitriles is 1. The number of anilines is 1. The Morgan fingerprint density at radius 2 is 1.65 bits per heavy atom. The third-order valence-corrected chi connectivity index (χ3v) is 5.20. The Kier molecular flexibility index (Phi) is 6.09.